The molecule has 8 heteroatoms. The summed E-state index contributed by atoms with van der Waals surface area (Å²) >= 11 is 0. The molecule has 2 aromatic rings. The van der Waals surface area contributed by atoms with Crippen LogP contribution in [0.1, 0.15) is 17.5 Å². The lowest BCUT2D eigenvalue weighted by atomic mass is 10.2. The van der Waals surface area contributed by atoms with Gasteiger partial charge in [0.1, 0.15) is 6.42 Å². The van der Waals surface area contributed by atoms with E-state index in [0.717, 1.165) is 11.1 Å². The number of fused-ring (bicyclic) bond motifs is 1. The highest BCUT2D eigenvalue weighted by molar-refractivity contribution is 5.97. The average molecular weight is 340 g/mol. The fraction of sp³-hybridized carbons (Fsp3) is 0.176. The van der Waals surface area contributed by atoms with E-state index in [9.17, 15) is 9.59 Å². The Labute approximate surface area is 143 Å². The van der Waals surface area contributed by atoms with Crippen molar-refractivity contribution < 1.29 is 19.1 Å². The lowest BCUT2D eigenvalue weighted by Gasteiger charge is -2.04. The van der Waals surface area contributed by atoms with E-state index >= 15 is 0 Å². The van der Waals surface area contributed by atoms with Crippen LogP contribution in [0.15, 0.2) is 47.8 Å². The number of benzene rings is 1. The van der Waals surface area contributed by atoms with E-state index in [2.05, 4.69) is 20.8 Å². The second-order valence-electron chi connectivity index (χ2n) is 5.22. The molecule has 0 saturated heterocycles. The summed E-state index contributed by atoms with van der Waals surface area (Å²) < 4.78 is 10.5. The number of carbonyl (C=O) groups is 2. The molecule has 2 N–H and O–H groups in total. The number of pyridine rings is 1. The third kappa shape index (κ3) is 4.77. The fourth-order valence-electron chi connectivity index (χ4n) is 2.12. The third-order valence-corrected chi connectivity index (χ3v) is 3.33. The molecule has 2 amide bonds. The number of hydrogen-bond acceptors (Lipinski definition) is 6. The van der Waals surface area contributed by atoms with Crippen LogP contribution in [-0.2, 0) is 16.1 Å². The number of hydrazone groups is 1. The lowest BCUT2D eigenvalue weighted by molar-refractivity contribution is -0.129. The molecule has 0 saturated carbocycles. The first-order valence-corrected chi connectivity index (χ1v) is 7.58. The molecule has 1 aliphatic heterocycles. The summed E-state index contributed by atoms with van der Waals surface area (Å²) in [6, 6.07) is 8.90. The van der Waals surface area contributed by atoms with Crippen molar-refractivity contribution in [3.05, 3.63) is 53.9 Å². The molecule has 1 aromatic carbocycles. The lowest BCUT2D eigenvalue weighted by Crippen LogP contribution is -2.29. The summed E-state index contributed by atoms with van der Waals surface area (Å²) in [6.07, 6.45) is 4.46. The Morgan fingerprint density at radius 2 is 2.08 bits per heavy atom. The van der Waals surface area contributed by atoms with Crippen molar-refractivity contribution in [1.29, 1.82) is 0 Å². The Morgan fingerprint density at radius 1 is 1.20 bits per heavy atom. The van der Waals surface area contributed by atoms with Crippen molar-refractivity contribution in [3.8, 4) is 11.5 Å². The third-order valence-electron chi connectivity index (χ3n) is 3.33. The fourth-order valence-corrected chi connectivity index (χ4v) is 2.12. The molecule has 0 unspecified atom stereocenters. The first kappa shape index (κ1) is 16.4. The number of hydrogen-bond donors (Lipinski definition) is 2. The van der Waals surface area contributed by atoms with Crippen molar-refractivity contribution in [2.45, 2.75) is 13.0 Å². The number of carbonyl (C=O) groups excluding carboxylic acids is 2. The van der Waals surface area contributed by atoms with E-state index in [-0.39, 0.29) is 19.1 Å². The van der Waals surface area contributed by atoms with Crippen LogP contribution in [0.25, 0.3) is 0 Å². The second kappa shape index (κ2) is 7.91. The van der Waals surface area contributed by atoms with Crippen LogP contribution in [0.5, 0.6) is 11.5 Å². The van der Waals surface area contributed by atoms with E-state index in [1.54, 1.807) is 36.7 Å². The van der Waals surface area contributed by atoms with Crippen LogP contribution >= 0.6 is 0 Å². The van der Waals surface area contributed by atoms with Gasteiger partial charge in [-0.1, -0.05) is 6.07 Å². The zero-order valence-electron chi connectivity index (χ0n) is 13.3. The predicted molar refractivity (Wildman–Crippen MR) is 89.0 cm³/mol. The van der Waals surface area contributed by atoms with Crippen molar-refractivity contribution in [2.24, 2.45) is 5.10 Å². The van der Waals surface area contributed by atoms with Crippen LogP contribution in [0, 0.1) is 0 Å². The maximum atomic E-state index is 11.7. The minimum atomic E-state index is -0.499. The van der Waals surface area contributed by atoms with E-state index in [4.69, 9.17) is 9.47 Å². The van der Waals surface area contributed by atoms with Gasteiger partial charge in [-0.15, -0.1) is 0 Å². The molecule has 0 fully saturated rings. The quantitative estimate of drug-likeness (QED) is 0.463. The standard InChI is InChI=1S/C17H16N4O4/c22-16(19-9-13-2-1-5-18-8-13)7-17(23)21-20-10-12-3-4-14-15(6-12)25-11-24-14/h1-6,8,10H,7,9,11H2,(H,19,22)(H,21,23). The van der Waals surface area contributed by atoms with Crippen LogP contribution in [0.2, 0.25) is 0 Å². The first-order chi connectivity index (χ1) is 12.2. The normalized spacial score (nSPS) is 12.2. The summed E-state index contributed by atoms with van der Waals surface area (Å²) in [7, 11) is 0. The number of rotatable bonds is 6. The van der Waals surface area contributed by atoms with Gasteiger partial charge in [0.2, 0.25) is 18.6 Å². The number of nitrogens with one attached hydrogen (secondary N) is 2. The van der Waals surface area contributed by atoms with Gasteiger partial charge in [-0.25, -0.2) is 5.43 Å². The van der Waals surface area contributed by atoms with E-state index in [1.165, 1.54) is 6.21 Å². The highest BCUT2D eigenvalue weighted by atomic mass is 16.7. The molecule has 0 aliphatic carbocycles. The maximum Gasteiger partial charge on any atom is 0.249 e. The van der Waals surface area contributed by atoms with Gasteiger partial charge in [-0.2, -0.15) is 5.10 Å². The van der Waals surface area contributed by atoms with Gasteiger partial charge in [0, 0.05) is 18.9 Å². The first-order valence-electron chi connectivity index (χ1n) is 7.58. The Kier molecular flexibility index (Phi) is 5.20. The monoisotopic (exact) mass is 340 g/mol. The molecule has 1 aromatic heterocycles. The van der Waals surface area contributed by atoms with Crippen molar-refractivity contribution in [3.63, 3.8) is 0 Å². The van der Waals surface area contributed by atoms with Gasteiger partial charge in [0.25, 0.3) is 0 Å². The van der Waals surface area contributed by atoms with Crippen molar-refractivity contribution in [2.75, 3.05) is 6.79 Å². The second-order valence-corrected chi connectivity index (χ2v) is 5.22. The summed E-state index contributed by atoms with van der Waals surface area (Å²) in [5.74, 6) is 0.414. The summed E-state index contributed by atoms with van der Waals surface area (Å²) in [6.45, 7) is 0.515. The summed E-state index contributed by atoms with van der Waals surface area (Å²) in [4.78, 5) is 27.4. The molecular weight excluding hydrogens is 324 g/mol. The van der Waals surface area contributed by atoms with Crippen molar-refractivity contribution >= 4 is 18.0 Å². The molecule has 3 rings (SSSR count). The maximum absolute atomic E-state index is 11.7. The average Bonchev–Trinajstić information content (AvgIpc) is 3.08. The molecule has 8 nitrogen and oxygen atoms in total. The molecule has 0 spiro atoms. The zero-order valence-corrected chi connectivity index (χ0v) is 13.3. The summed E-state index contributed by atoms with van der Waals surface area (Å²) in [5.41, 5.74) is 3.91. The van der Waals surface area contributed by atoms with Crippen LogP contribution in [0.4, 0.5) is 0 Å². The molecule has 25 heavy (non-hydrogen) atoms. The number of aromatic nitrogens is 1. The molecular formula is C17H16N4O4. The van der Waals surface area contributed by atoms with Gasteiger partial charge < -0.3 is 14.8 Å². The van der Waals surface area contributed by atoms with Gasteiger partial charge >= 0.3 is 0 Å². The zero-order chi connectivity index (χ0) is 17.5. The Bertz CT molecular complexity index is 792. The molecule has 2 heterocycles. The van der Waals surface area contributed by atoms with Crippen LogP contribution in [0.3, 0.4) is 0 Å². The van der Waals surface area contributed by atoms with Gasteiger partial charge in [0.05, 0.1) is 6.21 Å². The Hall–Kier alpha value is -3.42. The number of ether oxygens (including phenoxy) is 2. The van der Waals surface area contributed by atoms with Gasteiger partial charge in [-0.3, -0.25) is 14.6 Å². The van der Waals surface area contributed by atoms with Gasteiger partial charge in [0.15, 0.2) is 11.5 Å². The van der Waals surface area contributed by atoms with Crippen LogP contribution < -0.4 is 20.2 Å². The van der Waals surface area contributed by atoms with Crippen molar-refractivity contribution in [1.82, 2.24) is 15.7 Å². The number of nitrogens with zero attached hydrogens (tertiary/aromatic N) is 2. The smallest absolute Gasteiger partial charge is 0.249 e. The molecule has 0 atom stereocenters. The highest BCUT2D eigenvalue weighted by Crippen LogP contribution is 2.31. The minimum absolute atomic E-state index is 0.195. The van der Waals surface area contributed by atoms with E-state index in [1.807, 2.05) is 6.07 Å². The predicted octanol–water partition coefficient (Wildman–Crippen LogP) is 0.967. The highest BCUT2D eigenvalue weighted by Gasteiger charge is 2.12. The SMILES string of the molecule is O=C(CC(=O)NN=Cc1ccc2c(c1)OCO2)NCc1cccnc1. The molecule has 0 bridgehead atoms. The number of amides is 2. The van der Waals surface area contributed by atoms with E-state index in [0.29, 0.717) is 18.0 Å². The minimum Gasteiger partial charge on any atom is -0.454 e. The van der Waals surface area contributed by atoms with Crippen LogP contribution in [-0.4, -0.2) is 29.8 Å². The summed E-state index contributed by atoms with van der Waals surface area (Å²) in [5, 5.41) is 6.47. The largest absolute Gasteiger partial charge is 0.454 e. The molecule has 128 valence electrons. The topological polar surface area (TPSA) is 102 Å². The Morgan fingerprint density at radius 3 is 2.92 bits per heavy atom. The molecule has 0 radical (unpaired) electrons. The van der Waals surface area contributed by atoms with E-state index < -0.39 is 5.91 Å². The molecule has 1 aliphatic rings. The van der Waals surface area contributed by atoms with Gasteiger partial charge in [-0.05, 0) is 35.4 Å². The Balaban J connectivity index is 1.42.